The third-order valence-corrected chi connectivity index (χ3v) is 5.39. The molecule has 1 saturated carbocycles. The topological polar surface area (TPSA) is 40.5 Å². The van der Waals surface area contributed by atoms with Gasteiger partial charge in [0.2, 0.25) is 0 Å². The van der Waals surface area contributed by atoms with E-state index < -0.39 is 5.97 Å². The van der Waals surface area contributed by atoms with Crippen molar-refractivity contribution in [3.63, 3.8) is 0 Å². The van der Waals surface area contributed by atoms with Gasteiger partial charge in [0.15, 0.2) is 0 Å². The number of benzene rings is 1. The number of hydrogen-bond acceptors (Lipinski definition) is 2. The number of carbonyl (C=O) groups is 1. The summed E-state index contributed by atoms with van der Waals surface area (Å²) in [5.41, 5.74) is 2.00. The molecule has 108 valence electrons. The van der Waals surface area contributed by atoms with E-state index in [1.54, 1.807) is 12.1 Å². The molecule has 1 aromatic rings. The van der Waals surface area contributed by atoms with Crippen LogP contribution in [-0.4, -0.2) is 24.2 Å². The summed E-state index contributed by atoms with van der Waals surface area (Å²) < 4.78 is 0.890. The molecule has 2 fully saturated rings. The van der Waals surface area contributed by atoms with Crippen molar-refractivity contribution in [2.75, 3.05) is 18.0 Å². The monoisotopic (exact) mass is 337 g/mol. The van der Waals surface area contributed by atoms with Gasteiger partial charge in [-0.15, -0.1) is 0 Å². The Hall–Kier alpha value is -1.03. The van der Waals surface area contributed by atoms with Crippen LogP contribution in [-0.2, 0) is 0 Å². The van der Waals surface area contributed by atoms with E-state index in [1.807, 2.05) is 6.07 Å². The van der Waals surface area contributed by atoms with Gasteiger partial charge < -0.3 is 10.0 Å². The highest BCUT2D eigenvalue weighted by atomic mass is 79.9. The van der Waals surface area contributed by atoms with Crippen LogP contribution in [0.25, 0.3) is 0 Å². The lowest BCUT2D eigenvalue weighted by Gasteiger charge is -2.52. The van der Waals surface area contributed by atoms with Crippen LogP contribution in [0.15, 0.2) is 22.7 Å². The summed E-state index contributed by atoms with van der Waals surface area (Å²) >= 11 is 3.51. The van der Waals surface area contributed by atoms with Crippen molar-refractivity contribution in [1.29, 1.82) is 0 Å². The van der Waals surface area contributed by atoms with Crippen molar-refractivity contribution in [3.05, 3.63) is 28.2 Å². The molecule has 1 heterocycles. The van der Waals surface area contributed by atoms with Gasteiger partial charge in [0.1, 0.15) is 0 Å². The molecule has 0 unspecified atom stereocenters. The number of hydrogen-bond donors (Lipinski definition) is 1. The van der Waals surface area contributed by atoms with Gasteiger partial charge in [-0.25, -0.2) is 4.79 Å². The van der Waals surface area contributed by atoms with Crippen molar-refractivity contribution in [3.8, 4) is 0 Å². The summed E-state index contributed by atoms with van der Waals surface area (Å²) in [4.78, 5) is 13.3. The Balaban J connectivity index is 1.71. The molecule has 1 spiro atoms. The van der Waals surface area contributed by atoms with Crippen molar-refractivity contribution >= 4 is 27.6 Å². The number of carboxylic acids is 1. The first kappa shape index (κ1) is 13.9. The average molecular weight is 338 g/mol. The fourth-order valence-corrected chi connectivity index (χ4v) is 4.25. The van der Waals surface area contributed by atoms with Gasteiger partial charge >= 0.3 is 5.97 Å². The molecular weight excluding hydrogens is 318 g/mol. The molecule has 0 aromatic heterocycles. The van der Waals surface area contributed by atoms with Crippen LogP contribution in [0, 0.1) is 5.41 Å². The molecule has 1 aliphatic carbocycles. The maximum Gasteiger partial charge on any atom is 0.335 e. The van der Waals surface area contributed by atoms with Crippen LogP contribution in [0.2, 0.25) is 0 Å². The number of carboxylic acid groups (broad SMARTS) is 1. The number of anilines is 1. The van der Waals surface area contributed by atoms with Crippen molar-refractivity contribution in [2.45, 2.75) is 38.5 Å². The molecule has 0 bridgehead atoms. The second-order valence-corrected chi connectivity index (χ2v) is 7.10. The largest absolute Gasteiger partial charge is 0.478 e. The molecule has 4 heteroatoms. The molecule has 2 aliphatic rings. The lowest BCUT2D eigenvalue weighted by Crippen LogP contribution is -2.56. The minimum atomic E-state index is -0.874. The van der Waals surface area contributed by atoms with Gasteiger partial charge in [-0.3, -0.25) is 0 Å². The zero-order valence-electron chi connectivity index (χ0n) is 11.6. The first-order chi connectivity index (χ1) is 9.60. The van der Waals surface area contributed by atoms with E-state index in [0.29, 0.717) is 11.0 Å². The molecule has 1 aliphatic heterocycles. The molecular formula is C16H20BrNO2. The summed E-state index contributed by atoms with van der Waals surface area (Å²) in [6, 6.07) is 5.33. The molecule has 3 rings (SSSR count). The second kappa shape index (κ2) is 5.40. The second-order valence-electron chi connectivity index (χ2n) is 6.24. The normalized spacial score (nSPS) is 21.4. The predicted molar refractivity (Wildman–Crippen MR) is 83.4 cm³/mol. The smallest absolute Gasteiger partial charge is 0.335 e. The van der Waals surface area contributed by atoms with Gasteiger partial charge in [0.25, 0.3) is 0 Å². The Kier molecular flexibility index (Phi) is 3.76. The van der Waals surface area contributed by atoms with Gasteiger partial charge in [0, 0.05) is 23.0 Å². The Labute approximate surface area is 128 Å². The first-order valence-electron chi connectivity index (χ1n) is 7.38. The third kappa shape index (κ3) is 2.58. The Morgan fingerprint density at radius 2 is 1.80 bits per heavy atom. The highest BCUT2D eigenvalue weighted by molar-refractivity contribution is 9.10. The number of nitrogens with zero attached hydrogens (tertiary/aromatic N) is 1. The maximum absolute atomic E-state index is 11.0. The molecule has 0 atom stereocenters. The quantitative estimate of drug-likeness (QED) is 0.874. The highest BCUT2D eigenvalue weighted by Crippen LogP contribution is 2.46. The van der Waals surface area contributed by atoms with Gasteiger partial charge in [-0.2, -0.15) is 0 Å². The number of aromatic carboxylic acids is 1. The van der Waals surface area contributed by atoms with E-state index in [0.717, 1.165) is 23.2 Å². The zero-order chi connectivity index (χ0) is 14.2. The van der Waals surface area contributed by atoms with Gasteiger partial charge in [0.05, 0.1) is 11.3 Å². The van der Waals surface area contributed by atoms with Crippen LogP contribution >= 0.6 is 15.9 Å². The van der Waals surface area contributed by atoms with E-state index in [9.17, 15) is 4.79 Å². The van der Waals surface area contributed by atoms with Gasteiger partial charge in [-0.05, 0) is 47.0 Å². The summed E-state index contributed by atoms with van der Waals surface area (Å²) in [7, 11) is 0. The Morgan fingerprint density at radius 3 is 2.35 bits per heavy atom. The average Bonchev–Trinajstić information content (AvgIpc) is 2.62. The Bertz CT molecular complexity index is 513. The van der Waals surface area contributed by atoms with Gasteiger partial charge in [-0.1, -0.05) is 25.7 Å². The van der Waals surface area contributed by atoms with Crippen molar-refractivity contribution in [2.24, 2.45) is 5.41 Å². The summed E-state index contributed by atoms with van der Waals surface area (Å²) in [5, 5.41) is 9.01. The zero-order valence-corrected chi connectivity index (χ0v) is 13.2. The minimum Gasteiger partial charge on any atom is -0.478 e. The molecule has 1 N–H and O–H groups in total. The standard InChI is InChI=1S/C16H20BrNO2/c17-13-9-12(15(19)20)5-6-14(13)18-10-16(11-18)7-3-1-2-4-8-16/h5-6,9H,1-4,7-8,10-11H2,(H,19,20). The molecule has 3 nitrogen and oxygen atoms in total. The van der Waals surface area contributed by atoms with E-state index in [1.165, 1.54) is 38.5 Å². The van der Waals surface area contributed by atoms with Crippen LogP contribution in [0.4, 0.5) is 5.69 Å². The van der Waals surface area contributed by atoms with E-state index in [-0.39, 0.29) is 0 Å². The van der Waals surface area contributed by atoms with Crippen molar-refractivity contribution in [1.82, 2.24) is 0 Å². The minimum absolute atomic E-state index is 0.338. The fraction of sp³-hybridized carbons (Fsp3) is 0.562. The lowest BCUT2D eigenvalue weighted by atomic mass is 9.73. The predicted octanol–water partition coefficient (Wildman–Crippen LogP) is 4.31. The summed E-state index contributed by atoms with van der Waals surface area (Å²) in [6.45, 7) is 2.25. The number of rotatable bonds is 2. The lowest BCUT2D eigenvalue weighted by molar-refractivity contribution is 0.0697. The SMILES string of the molecule is O=C(O)c1ccc(N2CC3(CCCCCC3)C2)c(Br)c1. The molecule has 0 amide bonds. The van der Waals surface area contributed by atoms with Crippen LogP contribution < -0.4 is 4.90 Å². The van der Waals surface area contributed by atoms with Crippen LogP contribution in [0.5, 0.6) is 0 Å². The van der Waals surface area contributed by atoms with E-state index >= 15 is 0 Å². The highest BCUT2D eigenvalue weighted by Gasteiger charge is 2.43. The van der Waals surface area contributed by atoms with Crippen LogP contribution in [0.1, 0.15) is 48.9 Å². The van der Waals surface area contributed by atoms with Crippen molar-refractivity contribution < 1.29 is 9.90 Å². The molecule has 0 radical (unpaired) electrons. The van der Waals surface area contributed by atoms with Crippen LogP contribution in [0.3, 0.4) is 0 Å². The number of halogens is 1. The van der Waals surface area contributed by atoms with E-state index in [4.69, 9.17) is 5.11 Å². The maximum atomic E-state index is 11.0. The first-order valence-corrected chi connectivity index (χ1v) is 8.17. The Morgan fingerprint density at radius 1 is 1.15 bits per heavy atom. The fourth-order valence-electron chi connectivity index (χ4n) is 3.62. The summed E-state index contributed by atoms with van der Waals surface area (Å²) in [5.74, 6) is -0.874. The summed E-state index contributed by atoms with van der Waals surface area (Å²) in [6.07, 6.45) is 8.22. The molecule has 20 heavy (non-hydrogen) atoms. The molecule has 1 aromatic carbocycles. The van der Waals surface area contributed by atoms with E-state index in [2.05, 4.69) is 20.8 Å². The molecule has 1 saturated heterocycles. The third-order valence-electron chi connectivity index (χ3n) is 4.75.